The minimum absolute atomic E-state index is 0.146. The summed E-state index contributed by atoms with van der Waals surface area (Å²) >= 11 is 0. The number of nitriles is 1. The van der Waals surface area contributed by atoms with Gasteiger partial charge < -0.3 is 10.1 Å². The summed E-state index contributed by atoms with van der Waals surface area (Å²) in [5, 5.41) is 12.1. The normalized spacial score (nSPS) is 12.2. The van der Waals surface area contributed by atoms with Gasteiger partial charge in [0.25, 0.3) is 0 Å². The summed E-state index contributed by atoms with van der Waals surface area (Å²) < 4.78 is 43.2. The average molecular weight is 417 g/mol. The minimum atomic E-state index is -4.48. The first-order valence-corrected chi connectivity index (χ1v) is 9.19. The summed E-state index contributed by atoms with van der Waals surface area (Å²) in [6.07, 6.45) is -2.18. The van der Waals surface area contributed by atoms with E-state index in [4.69, 9.17) is 4.74 Å². The van der Waals surface area contributed by atoms with Crippen LogP contribution in [0.5, 0.6) is 0 Å². The monoisotopic (exact) mass is 417 g/mol. The van der Waals surface area contributed by atoms with Crippen LogP contribution in [0.1, 0.15) is 43.2 Å². The second-order valence-corrected chi connectivity index (χ2v) is 7.52. The first-order valence-electron chi connectivity index (χ1n) is 9.19. The molecule has 0 atom stereocenters. The molecular weight excluding hydrogens is 395 g/mol. The van der Waals surface area contributed by atoms with E-state index >= 15 is 0 Å². The molecule has 158 valence electrons. The van der Waals surface area contributed by atoms with Crippen molar-refractivity contribution >= 4 is 17.7 Å². The van der Waals surface area contributed by atoms with E-state index in [1.54, 1.807) is 39.0 Å². The Kier molecular flexibility index (Phi) is 7.22. The first-order chi connectivity index (χ1) is 14.0. The zero-order chi connectivity index (χ0) is 22.4. The molecule has 2 rings (SSSR count). The van der Waals surface area contributed by atoms with Crippen molar-refractivity contribution in [3.63, 3.8) is 0 Å². The van der Waals surface area contributed by atoms with Gasteiger partial charge in [0, 0.05) is 12.7 Å². The number of alkyl halides is 3. The van der Waals surface area contributed by atoms with Crippen LogP contribution in [0.3, 0.4) is 0 Å². The minimum Gasteiger partial charge on any atom is -0.444 e. The molecule has 0 saturated heterocycles. The summed E-state index contributed by atoms with van der Waals surface area (Å²) in [7, 11) is 0. The van der Waals surface area contributed by atoms with Crippen molar-refractivity contribution in [2.24, 2.45) is 0 Å². The molecule has 5 nitrogen and oxygen atoms in total. The zero-order valence-corrected chi connectivity index (χ0v) is 16.9. The molecule has 0 aliphatic heterocycles. The van der Waals surface area contributed by atoms with Gasteiger partial charge in [-0.15, -0.1) is 0 Å². The number of hydrogen-bond acceptors (Lipinski definition) is 4. The molecule has 1 N–H and O–H groups in total. The molecule has 0 aliphatic rings. The molecule has 0 unspecified atom stereocenters. The molecule has 8 heteroatoms. The number of nitrogens with zero attached hydrogens (tertiary/aromatic N) is 2. The third-order valence-corrected chi connectivity index (χ3v) is 3.83. The number of carbonyl (C=O) groups is 1. The average Bonchev–Trinajstić information content (AvgIpc) is 2.64. The summed E-state index contributed by atoms with van der Waals surface area (Å²) in [6.45, 7) is 5.70. The van der Waals surface area contributed by atoms with E-state index < -0.39 is 23.4 Å². The van der Waals surface area contributed by atoms with Crippen LogP contribution in [0, 0.1) is 11.3 Å². The van der Waals surface area contributed by atoms with Crippen LogP contribution in [0.15, 0.2) is 42.6 Å². The maximum absolute atomic E-state index is 12.7. The predicted octanol–water partition coefficient (Wildman–Crippen LogP) is 5.23. The Hall–Kier alpha value is -3.34. The smallest absolute Gasteiger partial charge is 0.417 e. The number of hydrogen-bond donors (Lipinski definition) is 1. The number of carbonyl (C=O) groups excluding carboxylic acids is 1. The van der Waals surface area contributed by atoms with E-state index in [0.29, 0.717) is 24.7 Å². The van der Waals surface area contributed by atoms with Crippen molar-refractivity contribution < 1.29 is 22.7 Å². The van der Waals surface area contributed by atoms with E-state index in [1.807, 2.05) is 18.2 Å². The quantitative estimate of drug-likeness (QED) is 0.676. The van der Waals surface area contributed by atoms with Crippen LogP contribution in [-0.2, 0) is 17.3 Å². The molecule has 0 saturated carbocycles. The molecule has 1 aromatic carbocycles. The molecule has 0 fully saturated rings. The van der Waals surface area contributed by atoms with Gasteiger partial charge in [0.05, 0.1) is 16.8 Å². The Morgan fingerprint density at radius 1 is 1.23 bits per heavy atom. The number of nitrogens with one attached hydrogen (secondary N) is 1. The fourth-order valence-electron chi connectivity index (χ4n) is 2.51. The van der Waals surface area contributed by atoms with Gasteiger partial charge in [0.2, 0.25) is 0 Å². The van der Waals surface area contributed by atoms with Gasteiger partial charge in [-0.2, -0.15) is 18.4 Å². The van der Waals surface area contributed by atoms with Gasteiger partial charge >= 0.3 is 12.3 Å². The molecular formula is C22H22F3N3O2. The van der Waals surface area contributed by atoms with E-state index in [2.05, 4.69) is 10.3 Å². The van der Waals surface area contributed by atoms with Gasteiger partial charge in [-0.1, -0.05) is 24.3 Å². The molecule has 2 aromatic rings. The number of aromatic nitrogens is 1. The molecule has 1 heterocycles. The molecule has 0 spiro atoms. The Balaban J connectivity index is 2.07. The maximum atomic E-state index is 12.7. The molecule has 1 amide bonds. The fraction of sp³-hybridized carbons (Fsp3) is 0.318. The second-order valence-electron chi connectivity index (χ2n) is 7.52. The number of amides is 1. The number of benzene rings is 1. The lowest BCUT2D eigenvalue weighted by Gasteiger charge is -2.19. The van der Waals surface area contributed by atoms with E-state index in [9.17, 15) is 23.2 Å². The van der Waals surface area contributed by atoms with Crippen molar-refractivity contribution in [3.05, 3.63) is 65.0 Å². The third kappa shape index (κ3) is 7.24. The highest BCUT2D eigenvalue weighted by Gasteiger charge is 2.30. The molecule has 0 aliphatic carbocycles. The number of pyridine rings is 1. The van der Waals surface area contributed by atoms with Crippen LogP contribution in [-0.4, -0.2) is 23.2 Å². The number of ether oxygens (including phenoxy) is 1. The topological polar surface area (TPSA) is 75.0 Å². The second kappa shape index (κ2) is 9.44. The lowest BCUT2D eigenvalue weighted by Crippen LogP contribution is -2.33. The standard InChI is InChI=1S/C22H22F3N3O2/c1-21(2,3)30-20(29)27-10-9-15-5-4-6-16(11-15)12-17(13-26)19-8-7-18(14-28-19)22(23,24)25/h4-8,11-12,14H,9-10H2,1-3H3,(H,27,29). The zero-order valence-electron chi connectivity index (χ0n) is 16.9. The summed E-state index contributed by atoms with van der Waals surface area (Å²) in [6, 6.07) is 11.3. The maximum Gasteiger partial charge on any atom is 0.417 e. The Morgan fingerprint density at radius 2 is 1.97 bits per heavy atom. The molecule has 0 bridgehead atoms. The van der Waals surface area contributed by atoms with E-state index in [-0.39, 0.29) is 11.3 Å². The number of halogens is 3. The van der Waals surface area contributed by atoms with Gasteiger partial charge in [0.15, 0.2) is 0 Å². The lowest BCUT2D eigenvalue weighted by atomic mass is 10.0. The van der Waals surface area contributed by atoms with E-state index in [0.717, 1.165) is 11.6 Å². The SMILES string of the molecule is CC(C)(C)OC(=O)NCCc1cccc(C=C(C#N)c2ccc(C(F)(F)F)cn2)c1. The number of rotatable bonds is 5. The molecule has 0 radical (unpaired) electrons. The Labute approximate surface area is 173 Å². The summed E-state index contributed by atoms with van der Waals surface area (Å²) in [5.74, 6) is 0. The van der Waals surface area contributed by atoms with Crippen LogP contribution < -0.4 is 5.32 Å². The van der Waals surface area contributed by atoms with Crippen LogP contribution in [0.2, 0.25) is 0 Å². The highest BCUT2D eigenvalue weighted by molar-refractivity contribution is 5.88. The summed E-state index contributed by atoms with van der Waals surface area (Å²) in [5.41, 5.74) is 0.466. The lowest BCUT2D eigenvalue weighted by molar-refractivity contribution is -0.137. The Morgan fingerprint density at radius 3 is 2.53 bits per heavy atom. The highest BCUT2D eigenvalue weighted by atomic mass is 19.4. The number of allylic oxidation sites excluding steroid dienone is 1. The van der Waals surface area contributed by atoms with Gasteiger partial charge in [-0.05, 0) is 56.5 Å². The molecule has 30 heavy (non-hydrogen) atoms. The highest BCUT2D eigenvalue weighted by Crippen LogP contribution is 2.29. The van der Waals surface area contributed by atoms with Crippen molar-refractivity contribution in [3.8, 4) is 6.07 Å². The fourth-order valence-corrected chi connectivity index (χ4v) is 2.51. The largest absolute Gasteiger partial charge is 0.444 e. The predicted molar refractivity (Wildman–Crippen MR) is 107 cm³/mol. The third-order valence-electron chi connectivity index (χ3n) is 3.83. The van der Waals surface area contributed by atoms with Crippen LogP contribution in [0.25, 0.3) is 11.6 Å². The van der Waals surface area contributed by atoms with Crippen LogP contribution >= 0.6 is 0 Å². The first kappa shape index (κ1) is 22.9. The van der Waals surface area contributed by atoms with Crippen molar-refractivity contribution in [1.29, 1.82) is 5.26 Å². The number of alkyl carbamates (subject to hydrolysis) is 1. The van der Waals surface area contributed by atoms with Gasteiger partial charge in [-0.25, -0.2) is 4.79 Å². The Bertz CT molecular complexity index is 953. The van der Waals surface area contributed by atoms with Gasteiger partial charge in [0.1, 0.15) is 11.7 Å². The van der Waals surface area contributed by atoms with E-state index in [1.165, 1.54) is 6.07 Å². The van der Waals surface area contributed by atoms with Crippen molar-refractivity contribution in [2.45, 2.75) is 39.0 Å². The van der Waals surface area contributed by atoms with Gasteiger partial charge in [-0.3, -0.25) is 4.98 Å². The van der Waals surface area contributed by atoms with Crippen molar-refractivity contribution in [2.75, 3.05) is 6.54 Å². The van der Waals surface area contributed by atoms with Crippen molar-refractivity contribution in [1.82, 2.24) is 10.3 Å². The van der Waals surface area contributed by atoms with Crippen LogP contribution in [0.4, 0.5) is 18.0 Å². The molecule has 1 aromatic heterocycles. The summed E-state index contributed by atoms with van der Waals surface area (Å²) in [4.78, 5) is 15.4.